The van der Waals surface area contributed by atoms with Gasteiger partial charge in [0.05, 0.1) is 11.2 Å². The second-order valence-corrected chi connectivity index (χ2v) is 8.24. The molecule has 1 fully saturated rings. The first-order valence-corrected chi connectivity index (χ1v) is 10.4. The third-order valence-corrected chi connectivity index (χ3v) is 5.89. The van der Waals surface area contributed by atoms with Gasteiger partial charge in [-0.1, -0.05) is 54.3 Å². The van der Waals surface area contributed by atoms with E-state index in [9.17, 15) is 9.59 Å². The summed E-state index contributed by atoms with van der Waals surface area (Å²) in [5.74, 6) is 0.378. The van der Waals surface area contributed by atoms with E-state index < -0.39 is 0 Å². The molecule has 0 aliphatic carbocycles. The average Bonchev–Trinajstić information content (AvgIpc) is 3.31. The molecule has 0 radical (unpaired) electrons. The van der Waals surface area contributed by atoms with Crippen LogP contribution in [0.4, 0.5) is 5.69 Å². The molecule has 146 valence electrons. The highest BCUT2D eigenvalue weighted by atomic mass is 32.2. The Morgan fingerprint density at radius 1 is 1.14 bits per heavy atom. The Morgan fingerprint density at radius 3 is 2.76 bits per heavy atom. The van der Waals surface area contributed by atoms with Crippen molar-refractivity contribution in [2.75, 3.05) is 11.9 Å². The van der Waals surface area contributed by atoms with Crippen molar-refractivity contribution in [2.45, 2.75) is 12.8 Å². The van der Waals surface area contributed by atoms with Gasteiger partial charge in [0.25, 0.3) is 5.91 Å². The van der Waals surface area contributed by atoms with Crippen LogP contribution < -0.4 is 5.32 Å². The number of furan rings is 1. The molecule has 1 aromatic heterocycles. The van der Waals surface area contributed by atoms with Crippen LogP contribution in [0.5, 0.6) is 0 Å². The van der Waals surface area contributed by atoms with E-state index in [0.717, 1.165) is 16.5 Å². The van der Waals surface area contributed by atoms with E-state index in [-0.39, 0.29) is 11.8 Å². The summed E-state index contributed by atoms with van der Waals surface area (Å²) < 4.78 is 5.76. The van der Waals surface area contributed by atoms with E-state index in [1.807, 2.05) is 42.5 Å². The van der Waals surface area contributed by atoms with Crippen LogP contribution in [0.1, 0.15) is 18.6 Å². The molecule has 2 aromatic carbocycles. The summed E-state index contributed by atoms with van der Waals surface area (Å²) in [7, 11) is 0. The van der Waals surface area contributed by atoms with Gasteiger partial charge in [-0.3, -0.25) is 14.5 Å². The van der Waals surface area contributed by atoms with Gasteiger partial charge in [0.1, 0.15) is 10.1 Å². The predicted octanol–water partition coefficient (Wildman–Crippen LogP) is 5.05. The summed E-state index contributed by atoms with van der Waals surface area (Å²) >= 11 is 6.57. The van der Waals surface area contributed by atoms with Gasteiger partial charge < -0.3 is 9.73 Å². The molecule has 3 aromatic rings. The van der Waals surface area contributed by atoms with Crippen LogP contribution in [-0.4, -0.2) is 27.6 Å². The third-order valence-electron chi connectivity index (χ3n) is 4.51. The van der Waals surface area contributed by atoms with Crippen molar-refractivity contribution < 1.29 is 14.0 Å². The Labute approximate surface area is 177 Å². The van der Waals surface area contributed by atoms with Crippen LogP contribution in [0.15, 0.2) is 70.2 Å². The van der Waals surface area contributed by atoms with Crippen LogP contribution in [0.3, 0.4) is 0 Å². The number of carbonyl (C=O) groups excluding carboxylic acids is 2. The number of hydrogen-bond acceptors (Lipinski definition) is 5. The smallest absolute Gasteiger partial charge is 0.266 e. The lowest BCUT2D eigenvalue weighted by Crippen LogP contribution is -2.29. The second-order valence-electron chi connectivity index (χ2n) is 6.56. The first-order chi connectivity index (χ1) is 14.1. The SMILES string of the molecule is O=C(CCCN1C(=O)/C(=C/c2ccco2)SC1=S)Nc1ccc2ccccc2c1. The number of amides is 2. The van der Waals surface area contributed by atoms with Gasteiger partial charge in [0.15, 0.2) is 0 Å². The van der Waals surface area contributed by atoms with Crippen LogP contribution in [0.2, 0.25) is 0 Å². The van der Waals surface area contributed by atoms with Crippen molar-refractivity contribution in [1.82, 2.24) is 4.90 Å². The second kappa shape index (κ2) is 8.63. The van der Waals surface area contributed by atoms with Gasteiger partial charge in [-0.2, -0.15) is 0 Å². The Bertz CT molecular complexity index is 1110. The number of carbonyl (C=O) groups is 2. The van der Waals surface area contributed by atoms with Crippen molar-refractivity contribution >= 4 is 62.7 Å². The van der Waals surface area contributed by atoms with Crippen molar-refractivity contribution in [3.05, 3.63) is 71.5 Å². The summed E-state index contributed by atoms with van der Waals surface area (Å²) in [6.07, 6.45) is 4.08. The quantitative estimate of drug-likeness (QED) is 0.445. The van der Waals surface area contributed by atoms with Gasteiger partial charge in [-0.25, -0.2) is 0 Å². The maximum Gasteiger partial charge on any atom is 0.266 e. The van der Waals surface area contributed by atoms with Gasteiger partial charge in [-0.15, -0.1) is 0 Å². The van der Waals surface area contributed by atoms with Gasteiger partial charge in [0, 0.05) is 24.7 Å². The molecular weight excluding hydrogens is 404 g/mol. The lowest BCUT2D eigenvalue weighted by atomic mass is 10.1. The molecule has 0 spiro atoms. The molecular formula is C22H18N2O3S2. The summed E-state index contributed by atoms with van der Waals surface area (Å²) in [4.78, 5) is 26.9. The Morgan fingerprint density at radius 2 is 1.97 bits per heavy atom. The van der Waals surface area contributed by atoms with E-state index in [1.54, 1.807) is 24.5 Å². The van der Waals surface area contributed by atoms with E-state index in [0.29, 0.717) is 34.4 Å². The summed E-state index contributed by atoms with van der Waals surface area (Å²) in [6, 6.07) is 17.4. The van der Waals surface area contributed by atoms with Gasteiger partial charge >= 0.3 is 0 Å². The molecule has 0 saturated carbocycles. The molecule has 0 atom stereocenters. The topological polar surface area (TPSA) is 62.6 Å². The highest BCUT2D eigenvalue weighted by Crippen LogP contribution is 2.32. The van der Waals surface area contributed by atoms with Crippen molar-refractivity contribution in [2.24, 2.45) is 0 Å². The maximum absolute atomic E-state index is 12.5. The number of hydrogen-bond donors (Lipinski definition) is 1. The summed E-state index contributed by atoms with van der Waals surface area (Å²) in [5.41, 5.74) is 0.765. The van der Waals surface area contributed by atoms with E-state index in [1.165, 1.54) is 16.7 Å². The fraction of sp³-hybridized carbons (Fsp3) is 0.136. The molecule has 1 saturated heterocycles. The van der Waals surface area contributed by atoms with E-state index in [2.05, 4.69) is 5.32 Å². The molecule has 29 heavy (non-hydrogen) atoms. The number of fused-ring (bicyclic) bond motifs is 1. The van der Waals surface area contributed by atoms with Gasteiger partial charge in [0.2, 0.25) is 5.91 Å². The Kier molecular flexibility index (Phi) is 5.78. The number of nitrogens with zero attached hydrogens (tertiary/aromatic N) is 1. The number of rotatable bonds is 6. The lowest BCUT2D eigenvalue weighted by Gasteiger charge is -2.14. The lowest BCUT2D eigenvalue weighted by molar-refractivity contribution is -0.122. The Hall–Kier alpha value is -2.90. The normalized spacial score (nSPS) is 15.4. The molecule has 4 rings (SSSR count). The average molecular weight is 423 g/mol. The van der Waals surface area contributed by atoms with Crippen molar-refractivity contribution in [3.8, 4) is 0 Å². The number of benzene rings is 2. The zero-order valence-corrected chi connectivity index (χ0v) is 17.1. The fourth-order valence-corrected chi connectivity index (χ4v) is 4.37. The molecule has 1 N–H and O–H groups in total. The van der Waals surface area contributed by atoms with Crippen LogP contribution in [0, 0.1) is 0 Å². The number of thioether (sulfide) groups is 1. The molecule has 2 heterocycles. The van der Waals surface area contributed by atoms with Crippen molar-refractivity contribution in [3.63, 3.8) is 0 Å². The summed E-state index contributed by atoms with van der Waals surface area (Å²) in [5, 5.41) is 5.12. The minimum Gasteiger partial charge on any atom is -0.465 e. The monoisotopic (exact) mass is 422 g/mol. The first-order valence-electron chi connectivity index (χ1n) is 9.18. The summed E-state index contributed by atoms with van der Waals surface area (Å²) in [6.45, 7) is 0.408. The highest BCUT2D eigenvalue weighted by molar-refractivity contribution is 8.26. The number of thiocarbonyl (C=S) groups is 1. The van der Waals surface area contributed by atoms with Crippen LogP contribution in [-0.2, 0) is 9.59 Å². The maximum atomic E-state index is 12.5. The predicted molar refractivity (Wildman–Crippen MR) is 120 cm³/mol. The third kappa shape index (κ3) is 4.58. The Balaban J connectivity index is 1.30. The molecule has 0 bridgehead atoms. The zero-order chi connectivity index (χ0) is 20.2. The molecule has 5 nitrogen and oxygen atoms in total. The number of nitrogens with one attached hydrogen (secondary N) is 1. The zero-order valence-electron chi connectivity index (χ0n) is 15.5. The minimum absolute atomic E-state index is 0.0863. The molecule has 1 aliphatic rings. The van der Waals surface area contributed by atoms with Crippen LogP contribution >= 0.6 is 24.0 Å². The molecule has 1 aliphatic heterocycles. The number of anilines is 1. The first kappa shape index (κ1) is 19.4. The van der Waals surface area contributed by atoms with Gasteiger partial charge in [-0.05, 0) is 41.5 Å². The molecule has 2 amide bonds. The van der Waals surface area contributed by atoms with E-state index in [4.69, 9.17) is 16.6 Å². The minimum atomic E-state index is -0.147. The van der Waals surface area contributed by atoms with E-state index >= 15 is 0 Å². The highest BCUT2D eigenvalue weighted by Gasteiger charge is 2.31. The molecule has 0 unspecified atom stereocenters. The van der Waals surface area contributed by atoms with Crippen molar-refractivity contribution in [1.29, 1.82) is 0 Å². The fourth-order valence-electron chi connectivity index (χ4n) is 3.08. The standard InChI is InChI=1S/C22H18N2O3S2/c25-20(23-17-10-9-15-5-1-2-6-16(15)13-17)8-3-11-24-21(26)19(29-22(24)28)14-18-7-4-12-27-18/h1-2,4-7,9-10,12-14H,3,8,11H2,(H,23,25)/b19-14-. The molecule has 7 heteroatoms. The van der Waals surface area contributed by atoms with Crippen LogP contribution in [0.25, 0.3) is 16.8 Å². The largest absolute Gasteiger partial charge is 0.465 e.